The van der Waals surface area contributed by atoms with Gasteiger partial charge in [-0.15, -0.1) is 16.1 Å². The second kappa shape index (κ2) is 9.46. The van der Waals surface area contributed by atoms with Crippen molar-refractivity contribution in [2.75, 3.05) is 18.0 Å². The summed E-state index contributed by atoms with van der Waals surface area (Å²) in [5.41, 5.74) is 7.30. The molecular formula is C23H24N8O. The molecule has 1 unspecified atom stereocenters. The molecule has 0 aliphatic carbocycles. The van der Waals surface area contributed by atoms with Crippen LogP contribution in [0, 0.1) is 23.2 Å². The highest BCUT2D eigenvalue weighted by Gasteiger charge is 2.25. The number of anilines is 1. The van der Waals surface area contributed by atoms with Crippen molar-refractivity contribution in [1.29, 1.82) is 5.26 Å². The Morgan fingerprint density at radius 3 is 2.88 bits per heavy atom. The number of nitrogens with zero attached hydrogens (tertiary/aromatic N) is 6. The number of benzene rings is 1. The number of nitrogens with one attached hydrogen (secondary N) is 1. The minimum Gasteiger partial charge on any atom is -0.344 e. The largest absolute Gasteiger partial charge is 0.344 e. The van der Waals surface area contributed by atoms with E-state index in [1.54, 1.807) is 11.5 Å². The number of amides is 1. The first-order valence-corrected chi connectivity index (χ1v) is 10.5. The van der Waals surface area contributed by atoms with Gasteiger partial charge in [0.1, 0.15) is 6.07 Å². The molecule has 0 radical (unpaired) electrons. The fraction of sp³-hybridized carbons (Fsp3) is 0.348. The predicted molar refractivity (Wildman–Crippen MR) is 121 cm³/mol. The Labute approximate surface area is 186 Å². The van der Waals surface area contributed by atoms with Gasteiger partial charge in [-0.2, -0.15) is 5.26 Å². The molecule has 1 saturated heterocycles. The van der Waals surface area contributed by atoms with E-state index in [1.165, 1.54) is 6.20 Å². The monoisotopic (exact) mass is 428 g/mol. The number of nitriles is 1. The molecule has 3 N–H and O–H groups in total. The van der Waals surface area contributed by atoms with Gasteiger partial charge in [-0.25, -0.2) is 0 Å². The number of hydrogen-bond acceptors (Lipinski definition) is 7. The van der Waals surface area contributed by atoms with E-state index in [-0.39, 0.29) is 24.3 Å². The summed E-state index contributed by atoms with van der Waals surface area (Å²) in [6.07, 6.45) is 3.46. The first kappa shape index (κ1) is 21.3. The van der Waals surface area contributed by atoms with E-state index >= 15 is 0 Å². The lowest BCUT2D eigenvalue weighted by Crippen LogP contribution is -2.44. The number of hydrogen-bond donors (Lipinski definition) is 2. The van der Waals surface area contributed by atoms with Gasteiger partial charge in [0, 0.05) is 36.1 Å². The van der Waals surface area contributed by atoms with E-state index in [4.69, 9.17) is 5.73 Å². The number of piperidine rings is 1. The number of nitrogens with two attached hydrogens (primary N) is 1. The zero-order valence-electron chi connectivity index (χ0n) is 17.9. The molecule has 1 amide bonds. The lowest BCUT2D eigenvalue weighted by molar-refractivity contribution is 0.0936. The van der Waals surface area contributed by atoms with Crippen molar-refractivity contribution in [2.45, 2.75) is 38.9 Å². The van der Waals surface area contributed by atoms with Crippen LogP contribution in [-0.2, 0) is 13.1 Å². The van der Waals surface area contributed by atoms with Gasteiger partial charge in [-0.3, -0.25) is 14.3 Å². The molecule has 9 nitrogen and oxygen atoms in total. The van der Waals surface area contributed by atoms with Crippen molar-refractivity contribution in [3.8, 4) is 17.9 Å². The van der Waals surface area contributed by atoms with Crippen molar-refractivity contribution >= 4 is 22.6 Å². The number of aromatic nitrogens is 4. The molecule has 3 heterocycles. The van der Waals surface area contributed by atoms with Crippen molar-refractivity contribution < 1.29 is 4.79 Å². The zero-order chi connectivity index (χ0) is 22.5. The standard InChI is InChI=1S/C23H24N8O/c1-2-3-11-31-21(28-29-23(31)30-10-6-7-17(25)15-30)22(32)27-14-20-19-9-5-4-8-18(19)16(12-24)13-26-20/h4-5,8-9,13,17H,6-7,10-11,14-15,25H2,1H3,(H,27,32). The quantitative estimate of drug-likeness (QED) is 0.591. The highest BCUT2D eigenvalue weighted by molar-refractivity contribution is 5.92. The van der Waals surface area contributed by atoms with E-state index in [1.807, 2.05) is 24.3 Å². The van der Waals surface area contributed by atoms with E-state index in [2.05, 4.69) is 43.3 Å². The molecule has 32 heavy (non-hydrogen) atoms. The van der Waals surface area contributed by atoms with E-state index in [0.717, 1.165) is 30.2 Å². The molecule has 9 heteroatoms. The molecule has 1 aromatic carbocycles. The third kappa shape index (κ3) is 4.25. The highest BCUT2D eigenvalue weighted by Crippen LogP contribution is 2.21. The lowest BCUT2D eigenvalue weighted by Gasteiger charge is -2.31. The Morgan fingerprint density at radius 1 is 1.31 bits per heavy atom. The number of rotatable bonds is 5. The van der Waals surface area contributed by atoms with Crippen LogP contribution in [0.15, 0.2) is 30.5 Å². The van der Waals surface area contributed by atoms with Gasteiger partial charge in [0.05, 0.1) is 24.3 Å². The average molecular weight is 429 g/mol. The first-order chi connectivity index (χ1) is 15.6. The maximum Gasteiger partial charge on any atom is 0.289 e. The number of fused-ring (bicyclic) bond motifs is 1. The van der Waals surface area contributed by atoms with Crippen LogP contribution in [0.25, 0.3) is 10.8 Å². The van der Waals surface area contributed by atoms with Gasteiger partial charge >= 0.3 is 0 Å². The second-order valence-corrected chi connectivity index (χ2v) is 7.64. The summed E-state index contributed by atoms with van der Waals surface area (Å²) in [6, 6.07) is 9.74. The Hall–Kier alpha value is -3.95. The van der Waals surface area contributed by atoms with Crippen LogP contribution in [0.1, 0.15) is 41.6 Å². The van der Waals surface area contributed by atoms with Gasteiger partial charge < -0.3 is 16.0 Å². The van der Waals surface area contributed by atoms with Crippen molar-refractivity contribution in [2.24, 2.45) is 5.73 Å². The van der Waals surface area contributed by atoms with E-state index < -0.39 is 0 Å². The van der Waals surface area contributed by atoms with Crippen LogP contribution in [0.5, 0.6) is 0 Å². The molecule has 0 saturated carbocycles. The number of carbonyl (C=O) groups excluding carboxylic acids is 1. The molecule has 162 valence electrons. The molecule has 1 aliphatic heterocycles. The van der Waals surface area contributed by atoms with Crippen LogP contribution in [0.3, 0.4) is 0 Å². The summed E-state index contributed by atoms with van der Waals surface area (Å²) in [7, 11) is 0. The highest BCUT2D eigenvalue weighted by atomic mass is 16.2. The molecular weight excluding hydrogens is 404 g/mol. The molecule has 4 rings (SSSR count). The Balaban J connectivity index is 1.58. The fourth-order valence-electron chi connectivity index (χ4n) is 3.92. The smallest absolute Gasteiger partial charge is 0.289 e. The molecule has 1 aliphatic rings. The van der Waals surface area contributed by atoms with Crippen LogP contribution >= 0.6 is 0 Å². The Bertz CT molecular complexity index is 1250. The zero-order valence-corrected chi connectivity index (χ0v) is 17.9. The van der Waals surface area contributed by atoms with Gasteiger partial charge in [0.2, 0.25) is 11.8 Å². The van der Waals surface area contributed by atoms with E-state index in [9.17, 15) is 10.1 Å². The molecule has 2 aromatic heterocycles. The van der Waals surface area contributed by atoms with Crippen molar-refractivity contribution in [1.82, 2.24) is 25.1 Å². The van der Waals surface area contributed by atoms with Gasteiger partial charge in [-0.1, -0.05) is 30.2 Å². The van der Waals surface area contributed by atoms with Crippen LogP contribution in [0.4, 0.5) is 5.95 Å². The normalized spacial score (nSPS) is 15.7. The van der Waals surface area contributed by atoms with Gasteiger partial charge in [0.15, 0.2) is 0 Å². The first-order valence-electron chi connectivity index (χ1n) is 10.5. The van der Waals surface area contributed by atoms with Crippen LogP contribution in [0.2, 0.25) is 0 Å². The van der Waals surface area contributed by atoms with E-state index in [0.29, 0.717) is 30.3 Å². The predicted octanol–water partition coefficient (Wildman–Crippen LogP) is 1.58. The summed E-state index contributed by atoms with van der Waals surface area (Å²) in [5, 5.41) is 22.3. The van der Waals surface area contributed by atoms with Crippen LogP contribution < -0.4 is 16.0 Å². The van der Waals surface area contributed by atoms with Crippen molar-refractivity contribution in [3.63, 3.8) is 0 Å². The molecule has 0 spiro atoms. The summed E-state index contributed by atoms with van der Waals surface area (Å²) in [6.45, 7) is 3.74. The SMILES string of the molecule is CC#CCn1c(C(=O)NCc2ncc(C#N)c3ccccc23)nnc1N1CCCC(N)C1. The minimum absolute atomic E-state index is 0.0687. The molecule has 1 atom stereocenters. The van der Waals surface area contributed by atoms with Crippen molar-refractivity contribution in [3.05, 3.63) is 47.5 Å². The molecule has 1 fully saturated rings. The summed E-state index contributed by atoms with van der Waals surface area (Å²) in [4.78, 5) is 19.5. The summed E-state index contributed by atoms with van der Waals surface area (Å²) in [5.74, 6) is 6.30. The second-order valence-electron chi connectivity index (χ2n) is 7.64. The topological polar surface area (TPSA) is 126 Å². The molecule has 3 aromatic rings. The van der Waals surface area contributed by atoms with Crippen LogP contribution in [-0.4, -0.2) is 44.8 Å². The molecule has 0 bridgehead atoms. The average Bonchev–Trinajstić information content (AvgIpc) is 3.25. The maximum atomic E-state index is 13.0. The third-order valence-electron chi connectivity index (χ3n) is 5.50. The Kier molecular flexibility index (Phi) is 6.29. The summed E-state index contributed by atoms with van der Waals surface area (Å²) >= 11 is 0. The number of carbonyl (C=O) groups is 1. The fourth-order valence-corrected chi connectivity index (χ4v) is 3.92. The number of pyridine rings is 1. The van der Waals surface area contributed by atoms with Gasteiger partial charge in [0.25, 0.3) is 5.91 Å². The lowest BCUT2D eigenvalue weighted by atomic mass is 10.1. The van der Waals surface area contributed by atoms with Gasteiger partial charge in [-0.05, 0) is 19.8 Å². The summed E-state index contributed by atoms with van der Waals surface area (Å²) < 4.78 is 1.73. The minimum atomic E-state index is -0.363. The maximum absolute atomic E-state index is 13.0. The Morgan fingerprint density at radius 2 is 2.12 bits per heavy atom. The third-order valence-corrected chi connectivity index (χ3v) is 5.50.